The van der Waals surface area contributed by atoms with Crippen molar-refractivity contribution in [2.45, 2.75) is 37.0 Å². The van der Waals surface area contributed by atoms with Crippen molar-refractivity contribution >= 4 is 45.2 Å². The summed E-state index contributed by atoms with van der Waals surface area (Å²) in [6.45, 7) is 4.96. The Bertz CT molecular complexity index is 1500. The second-order valence-corrected chi connectivity index (χ2v) is 11.0. The zero-order valence-corrected chi connectivity index (χ0v) is 21.6. The van der Waals surface area contributed by atoms with Crippen LogP contribution >= 0.6 is 11.6 Å². The summed E-state index contributed by atoms with van der Waals surface area (Å²) in [6, 6.07) is 11.6. The van der Waals surface area contributed by atoms with Gasteiger partial charge in [-0.2, -0.15) is 0 Å². The molecule has 2 amide bonds. The summed E-state index contributed by atoms with van der Waals surface area (Å²) in [7, 11) is -4.50. The molecule has 0 saturated heterocycles. The van der Waals surface area contributed by atoms with Crippen LogP contribution in [0.25, 0.3) is 0 Å². The first-order valence-electron chi connectivity index (χ1n) is 11.2. The lowest BCUT2D eigenvalue weighted by molar-refractivity contribution is -0.119. The van der Waals surface area contributed by atoms with Crippen molar-refractivity contribution in [3.05, 3.63) is 87.7 Å². The average Bonchev–Trinajstić information content (AvgIpc) is 2.98. The van der Waals surface area contributed by atoms with E-state index in [-0.39, 0.29) is 29.3 Å². The number of carbonyl (C=O) groups excluding carboxylic acids is 2. The second-order valence-electron chi connectivity index (χ2n) is 8.58. The average molecular weight is 525 g/mol. The molecular weight excluding hydrogens is 500 g/mol. The fourth-order valence-corrected chi connectivity index (χ4v) is 6.51. The zero-order chi connectivity index (χ0) is 26.1. The molecule has 10 heteroatoms. The number of pyridine rings is 1. The Balaban J connectivity index is 2.01. The van der Waals surface area contributed by atoms with E-state index in [1.807, 2.05) is 0 Å². The molecule has 1 atom stereocenters. The van der Waals surface area contributed by atoms with E-state index in [1.165, 1.54) is 31.6 Å². The van der Waals surface area contributed by atoms with E-state index >= 15 is 0 Å². The molecule has 0 radical (unpaired) electrons. The Morgan fingerprint density at radius 3 is 2.64 bits per heavy atom. The van der Waals surface area contributed by atoms with Crippen molar-refractivity contribution in [1.82, 2.24) is 10.3 Å². The number of anilines is 1. The van der Waals surface area contributed by atoms with Crippen LogP contribution in [0, 0.1) is 13.8 Å². The summed E-state index contributed by atoms with van der Waals surface area (Å²) in [5.74, 6) is -1.05. The molecule has 2 aromatic carbocycles. The van der Waals surface area contributed by atoms with E-state index in [2.05, 4.69) is 20.6 Å². The van der Waals surface area contributed by atoms with Gasteiger partial charge in [0.05, 0.1) is 4.90 Å². The normalized spacial score (nSPS) is 17.2. The summed E-state index contributed by atoms with van der Waals surface area (Å²) in [4.78, 5) is 31.6. The molecule has 0 unspecified atom stereocenters. The molecule has 36 heavy (non-hydrogen) atoms. The van der Waals surface area contributed by atoms with Gasteiger partial charge in [-0.15, -0.1) is 0 Å². The lowest BCUT2D eigenvalue weighted by atomic mass is 9.99. The number of nitrogens with zero attached hydrogens (tertiary/aromatic N) is 2. The van der Waals surface area contributed by atoms with E-state index < -0.39 is 20.6 Å². The van der Waals surface area contributed by atoms with Crippen LogP contribution < -0.4 is 10.6 Å². The second kappa shape index (κ2) is 9.83. The fraction of sp³-hybridized carbons (Fsp3) is 0.231. The summed E-state index contributed by atoms with van der Waals surface area (Å²) < 4.78 is 29.1. The van der Waals surface area contributed by atoms with Crippen LogP contribution in [-0.2, 0) is 30.7 Å². The number of hydrogen-bond donors (Lipinski definition) is 2. The Hall–Kier alpha value is -3.56. The van der Waals surface area contributed by atoms with Crippen LogP contribution in [0.3, 0.4) is 0 Å². The van der Waals surface area contributed by atoms with Crippen molar-refractivity contribution in [3.8, 4) is 0 Å². The summed E-state index contributed by atoms with van der Waals surface area (Å²) in [5.41, 5.74) is 2.58. The molecule has 186 valence electrons. The standard InChI is InChI=1S/C26H25ClN4O4S/c1-16-13-24(17(2)12-22(16)27)36(34,35)26(21-15-28-10-8-19(21)9-11-29-18(3)32)25(33)31-23-7-5-4-6-20(23)14-30-26/h4-8,10,12-15H,9,11H2,1-3H3,(H,29,32)(H,31,33)/t26-/m0/s1. The number of amides is 2. The summed E-state index contributed by atoms with van der Waals surface area (Å²) in [5, 5.41) is 5.89. The van der Waals surface area contributed by atoms with E-state index in [1.54, 1.807) is 50.2 Å². The topological polar surface area (TPSA) is 118 Å². The Morgan fingerprint density at radius 1 is 1.14 bits per heavy atom. The van der Waals surface area contributed by atoms with Crippen LogP contribution in [0.5, 0.6) is 0 Å². The molecule has 1 aliphatic heterocycles. The predicted octanol–water partition coefficient (Wildman–Crippen LogP) is 3.73. The van der Waals surface area contributed by atoms with Gasteiger partial charge in [0.2, 0.25) is 15.7 Å². The van der Waals surface area contributed by atoms with Crippen molar-refractivity contribution in [2.24, 2.45) is 4.99 Å². The molecule has 0 fully saturated rings. The Morgan fingerprint density at radius 2 is 1.89 bits per heavy atom. The van der Waals surface area contributed by atoms with Crippen LogP contribution in [0.2, 0.25) is 5.02 Å². The van der Waals surface area contributed by atoms with Crippen molar-refractivity contribution < 1.29 is 18.0 Å². The number of benzodiazepines with no additional fused rings is 1. The quantitative estimate of drug-likeness (QED) is 0.509. The molecule has 4 rings (SSSR count). The van der Waals surface area contributed by atoms with Gasteiger partial charge in [0, 0.05) is 53.9 Å². The predicted molar refractivity (Wildman–Crippen MR) is 139 cm³/mol. The monoisotopic (exact) mass is 524 g/mol. The first-order chi connectivity index (χ1) is 17.1. The third-order valence-corrected chi connectivity index (χ3v) is 8.80. The molecular formula is C26H25ClN4O4S. The number of hydrogen-bond acceptors (Lipinski definition) is 6. The number of nitrogens with one attached hydrogen (secondary N) is 2. The molecule has 2 heterocycles. The van der Waals surface area contributed by atoms with Crippen LogP contribution in [0.1, 0.15) is 34.7 Å². The smallest absolute Gasteiger partial charge is 0.273 e. The SMILES string of the molecule is CC(=O)NCCc1ccncc1[C@@]1(S(=O)(=O)c2cc(C)c(Cl)cc2C)N=Cc2ccccc2NC1=O. The number of aromatic nitrogens is 1. The maximum atomic E-state index is 14.5. The maximum Gasteiger partial charge on any atom is 0.273 e. The number of aliphatic imine (C=N–C) groups is 1. The highest BCUT2D eigenvalue weighted by Crippen LogP contribution is 2.43. The first kappa shape index (κ1) is 25.5. The van der Waals surface area contributed by atoms with Gasteiger partial charge < -0.3 is 10.6 Å². The molecule has 2 N–H and O–H groups in total. The minimum absolute atomic E-state index is 0.0562. The number of fused-ring (bicyclic) bond motifs is 1. The molecule has 3 aromatic rings. The zero-order valence-electron chi connectivity index (χ0n) is 20.0. The highest BCUT2D eigenvalue weighted by Gasteiger charge is 2.55. The summed E-state index contributed by atoms with van der Waals surface area (Å²) >= 11 is 6.25. The largest absolute Gasteiger partial charge is 0.356 e. The van der Waals surface area contributed by atoms with E-state index in [9.17, 15) is 18.0 Å². The van der Waals surface area contributed by atoms with Crippen LogP contribution in [0.4, 0.5) is 5.69 Å². The third-order valence-electron chi connectivity index (χ3n) is 6.08. The minimum atomic E-state index is -4.50. The fourth-order valence-electron chi connectivity index (χ4n) is 4.20. The maximum absolute atomic E-state index is 14.5. The molecule has 1 aromatic heterocycles. The molecule has 1 aliphatic rings. The Kier molecular flexibility index (Phi) is 6.97. The highest BCUT2D eigenvalue weighted by atomic mass is 35.5. The highest BCUT2D eigenvalue weighted by molar-refractivity contribution is 7.93. The Labute approximate surface area is 214 Å². The number of benzene rings is 2. The van der Waals surface area contributed by atoms with Gasteiger partial charge in [0.25, 0.3) is 10.8 Å². The summed E-state index contributed by atoms with van der Waals surface area (Å²) in [6.07, 6.45) is 4.53. The number of rotatable bonds is 6. The van der Waals surface area contributed by atoms with Crippen LogP contribution in [-0.4, -0.2) is 38.0 Å². The van der Waals surface area contributed by atoms with Gasteiger partial charge in [0.1, 0.15) is 0 Å². The number of para-hydroxylation sites is 1. The number of halogens is 1. The lowest BCUT2D eigenvalue weighted by Gasteiger charge is -2.30. The van der Waals surface area contributed by atoms with Gasteiger partial charge in [-0.1, -0.05) is 29.8 Å². The van der Waals surface area contributed by atoms with Gasteiger partial charge in [-0.3, -0.25) is 19.6 Å². The lowest BCUT2D eigenvalue weighted by Crippen LogP contribution is -2.46. The third kappa shape index (κ3) is 4.40. The van der Waals surface area contributed by atoms with Gasteiger partial charge in [-0.05, 0) is 61.2 Å². The van der Waals surface area contributed by atoms with E-state index in [0.29, 0.717) is 33.0 Å². The molecule has 0 bridgehead atoms. The molecule has 0 saturated carbocycles. The number of sulfone groups is 1. The van der Waals surface area contributed by atoms with Crippen molar-refractivity contribution in [3.63, 3.8) is 0 Å². The van der Waals surface area contributed by atoms with Gasteiger partial charge >= 0.3 is 0 Å². The first-order valence-corrected chi connectivity index (χ1v) is 13.1. The minimum Gasteiger partial charge on any atom is -0.356 e. The molecule has 0 spiro atoms. The molecule has 8 nitrogen and oxygen atoms in total. The molecule has 0 aliphatic carbocycles. The number of carbonyl (C=O) groups is 2. The van der Waals surface area contributed by atoms with Crippen molar-refractivity contribution in [1.29, 1.82) is 0 Å². The van der Waals surface area contributed by atoms with Crippen molar-refractivity contribution in [2.75, 3.05) is 11.9 Å². The van der Waals surface area contributed by atoms with E-state index in [0.717, 1.165) is 0 Å². The van der Waals surface area contributed by atoms with Gasteiger partial charge in [-0.25, -0.2) is 8.42 Å². The van der Waals surface area contributed by atoms with Crippen LogP contribution in [0.15, 0.2) is 64.7 Å². The van der Waals surface area contributed by atoms with Gasteiger partial charge in [0.15, 0.2) is 0 Å². The van der Waals surface area contributed by atoms with E-state index in [4.69, 9.17) is 11.6 Å². The number of aryl methyl sites for hydroxylation is 2.